The molecule has 0 aromatic heterocycles. The van der Waals surface area contributed by atoms with Gasteiger partial charge in [-0.2, -0.15) is 13.2 Å². The second-order valence-electron chi connectivity index (χ2n) is 3.26. The van der Waals surface area contributed by atoms with Gasteiger partial charge in [0.2, 0.25) is 0 Å². The van der Waals surface area contributed by atoms with Crippen LogP contribution in [0.4, 0.5) is 13.2 Å². The van der Waals surface area contributed by atoms with Crippen LogP contribution in [0.5, 0.6) is 0 Å². The molecule has 0 rings (SSSR count). The van der Waals surface area contributed by atoms with E-state index in [0.29, 0.717) is 0 Å². The van der Waals surface area contributed by atoms with E-state index >= 15 is 0 Å². The number of rotatable bonds is 5. The van der Waals surface area contributed by atoms with Gasteiger partial charge in [-0.15, -0.1) is 6.58 Å². The number of halogens is 3. The first kappa shape index (κ1) is 14.2. The largest absolute Gasteiger partial charge is 0.412 e. The van der Waals surface area contributed by atoms with Crippen LogP contribution in [-0.2, 0) is 0 Å². The van der Waals surface area contributed by atoms with Crippen LogP contribution < -0.4 is 0 Å². The van der Waals surface area contributed by atoms with Gasteiger partial charge in [0.05, 0.1) is 12.2 Å². The lowest BCUT2D eigenvalue weighted by Gasteiger charge is -2.13. The van der Waals surface area contributed by atoms with E-state index in [1.807, 2.05) is 0 Å². The molecule has 5 heteroatoms. The topological polar surface area (TPSA) is 40.5 Å². The van der Waals surface area contributed by atoms with Crippen molar-refractivity contribution in [3.8, 4) is 0 Å². The smallest absolute Gasteiger partial charge is 0.391 e. The maximum atomic E-state index is 12.3. The van der Waals surface area contributed by atoms with Crippen molar-refractivity contribution in [2.24, 2.45) is 0 Å². The zero-order valence-corrected chi connectivity index (χ0v) is 8.46. The molecule has 0 fully saturated rings. The van der Waals surface area contributed by atoms with Gasteiger partial charge in [-0.3, -0.25) is 0 Å². The summed E-state index contributed by atoms with van der Waals surface area (Å²) in [6.07, 6.45) is -5.11. The predicted molar refractivity (Wildman–Crippen MR) is 51.3 cm³/mol. The average molecular weight is 224 g/mol. The van der Waals surface area contributed by atoms with Crippen molar-refractivity contribution in [1.82, 2.24) is 0 Å². The molecule has 0 amide bonds. The highest BCUT2D eigenvalue weighted by molar-refractivity contribution is 5.12. The van der Waals surface area contributed by atoms with Gasteiger partial charge >= 0.3 is 6.18 Å². The lowest BCUT2D eigenvalue weighted by atomic mass is 10.1. The van der Waals surface area contributed by atoms with Crippen LogP contribution in [0.15, 0.2) is 24.3 Å². The van der Waals surface area contributed by atoms with E-state index < -0.39 is 24.0 Å². The Hall–Kier alpha value is -0.810. The lowest BCUT2D eigenvalue weighted by molar-refractivity contribution is -0.0934. The molecular weight excluding hydrogens is 209 g/mol. The second kappa shape index (κ2) is 5.92. The van der Waals surface area contributed by atoms with Crippen molar-refractivity contribution in [3.63, 3.8) is 0 Å². The van der Waals surface area contributed by atoms with Gasteiger partial charge in [-0.05, 0) is 19.8 Å². The summed E-state index contributed by atoms with van der Waals surface area (Å²) in [5.41, 5.74) is -0.753. The van der Waals surface area contributed by atoms with Crippen LogP contribution >= 0.6 is 0 Å². The summed E-state index contributed by atoms with van der Waals surface area (Å²) in [6, 6.07) is 0. The molecule has 1 unspecified atom stereocenters. The van der Waals surface area contributed by atoms with Crippen LogP contribution in [0.2, 0.25) is 0 Å². The summed E-state index contributed by atoms with van der Waals surface area (Å²) in [5, 5.41) is 18.0. The van der Waals surface area contributed by atoms with Gasteiger partial charge in [-0.1, -0.05) is 12.2 Å². The summed E-state index contributed by atoms with van der Waals surface area (Å²) < 4.78 is 36.9. The van der Waals surface area contributed by atoms with E-state index in [0.717, 1.165) is 12.2 Å². The summed E-state index contributed by atoms with van der Waals surface area (Å²) in [4.78, 5) is 0. The van der Waals surface area contributed by atoms with Crippen molar-refractivity contribution in [2.75, 3.05) is 0 Å². The quantitative estimate of drug-likeness (QED) is 0.703. The van der Waals surface area contributed by atoms with E-state index in [9.17, 15) is 13.2 Å². The Balaban J connectivity index is 4.50. The fourth-order valence-corrected chi connectivity index (χ4v) is 0.930. The number of hydrogen-bond donors (Lipinski definition) is 2. The minimum Gasteiger partial charge on any atom is -0.391 e. The molecule has 0 heterocycles. The Bertz CT molecular complexity index is 231. The molecule has 15 heavy (non-hydrogen) atoms. The van der Waals surface area contributed by atoms with E-state index in [1.54, 1.807) is 0 Å². The molecule has 2 atom stereocenters. The Morgan fingerprint density at radius 2 is 1.93 bits per heavy atom. The Morgan fingerprint density at radius 1 is 1.40 bits per heavy atom. The van der Waals surface area contributed by atoms with Crippen LogP contribution in [0.25, 0.3) is 0 Å². The Kier molecular flexibility index (Phi) is 5.60. The molecular formula is C10H15F3O2. The molecule has 0 aliphatic rings. The molecule has 0 aliphatic carbocycles. The second-order valence-corrected chi connectivity index (χ2v) is 3.26. The number of alkyl halides is 3. The standard InChI is InChI=1S/C10H15F3O2/c1-3-4-8(10(11,12)13)5-6-9(15)7(2)14/h3,5,7,9,14-15H,1,4,6H2,2H3/b8-5+/t7?,9-/m0/s1. The maximum Gasteiger partial charge on any atom is 0.412 e. The van der Waals surface area contributed by atoms with Crippen LogP contribution in [0.3, 0.4) is 0 Å². The van der Waals surface area contributed by atoms with E-state index in [-0.39, 0.29) is 12.8 Å². The SMILES string of the molecule is C=CC/C(=C\C[C@H](O)C(C)O)C(F)(F)F. The van der Waals surface area contributed by atoms with Gasteiger partial charge in [0.15, 0.2) is 0 Å². The molecule has 0 aliphatic heterocycles. The Labute approximate surface area is 86.7 Å². The highest BCUT2D eigenvalue weighted by atomic mass is 19.4. The number of hydrogen-bond acceptors (Lipinski definition) is 2. The van der Waals surface area contributed by atoms with Gasteiger partial charge < -0.3 is 10.2 Å². The zero-order valence-electron chi connectivity index (χ0n) is 8.46. The zero-order chi connectivity index (χ0) is 12.1. The third-order valence-corrected chi connectivity index (χ3v) is 1.89. The van der Waals surface area contributed by atoms with Crippen molar-refractivity contribution in [3.05, 3.63) is 24.3 Å². The third-order valence-electron chi connectivity index (χ3n) is 1.89. The minimum absolute atomic E-state index is 0.222. The van der Waals surface area contributed by atoms with Gasteiger partial charge in [0.1, 0.15) is 0 Å². The molecule has 2 nitrogen and oxygen atoms in total. The average Bonchev–Trinajstić information content (AvgIpc) is 2.09. The maximum absolute atomic E-state index is 12.3. The molecule has 0 saturated carbocycles. The van der Waals surface area contributed by atoms with Gasteiger partial charge in [-0.25, -0.2) is 0 Å². The first-order chi connectivity index (χ1) is 6.79. The first-order valence-corrected chi connectivity index (χ1v) is 4.52. The highest BCUT2D eigenvalue weighted by Crippen LogP contribution is 2.28. The summed E-state index contributed by atoms with van der Waals surface area (Å²) in [5.74, 6) is 0. The van der Waals surface area contributed by atoms with E-state index in [4.69, 9.17) is 10.2 Å². The normalized spacial score (nSPS) is 17.3. The molecule has 0 bridgehead atoms. The van der Waals surface area contributed by atoms with Crippen molar-refractivity contribution in [2.45, 2.75) is 38.1 Å². The summed E-state index contributed by atoms with van der Waals surface area (Å²) in [7, 11) is 0. The van der Waals surface area contributed by atoms with Crippen molar-refractivity contribution >= 4 is 0 Å². The number of aliphatic hydroxyl groups excluding tert-OH is 2. The third kappa shape index (κ3) is 5.59. The minimum atomic E-state index is -4.41. The predicted octanol–water partition coefficient (Wildman–Crippen LogP) is 2.18. The molecule has 0 radical (unpaired) electrons. The van der Waals surface area contributed by atoms with E-state index in [2.05, 4.69) is 6.58 Å². The number of aliphatic hydroxyl groups is 2. The van der Waals surface area contributed by atoms with Gasteiger partial charge in [0.25, 0.3) is 0 Å². The summed E-state index contributed by atoms with van der Waals surface area (Å²) >= 11 is 0. The monoisotopic (exact) mass is 224 g/mol. The fraction of sp³-hybridized carbons (Fsp3) is 0.600. The molecule has 0 aromatic rings. The molecule has 2 N–H and O–H groups in total. The molecule has 0 aromatic carbocycles. The van der Waals surface area contributed by atoms with Gasteiger partial charge in [0, 0.05) is 5.57 Å². The van der Waals surface area contributed by atoms with Crippen LogP contribution in [0, 0.1) is 0 Å². The van der Waals surface area contributed by atoms with E-state index in [1.165, 1.54) is 6.92 Å². The Morgan fingerprint density at radius 3 is 2.27 bits per heavy atom. The van der Waals surface area contributed by atoms with Crippen molar-refractivity contribution < 1.29 is 23.4 Å². The van der Waals surface area contributed by atoms with Crippen LogP contribution in [-0.4, -0.2) is 28.6 Å². The molecule has 0 saturated heterocycles. The van der Waals surface area contributed by atoms with Crippen LogP contribution in [0.1, 0.15) is 19.8 Å². The van der Waals surface area contributed by atoms with Crippen molar-refractivity contribution in [1.29, 1.82) is 0 Å². The lowest BCUT2D eigenvalue weighted by Crippen LogP contribution is -2.22. The molecule has 88 valence electrons. The number of allylic oxidation sites excluding steroid dienone is 2. The molecule has 0 spiro atoms. The highest BCUT2D eigenvalue weighted by Gasteiger charge is 2.32. The fourth-order valence-electron chi connectivity index (χ4n) is 0.930. The summed E-state index contributed by atoms with van der Waals surface area (Å²) in [6.45, 7) is 4.54. The first-order valence-electron chi connectivity index (χ1n) is 4.52.